The number of hydrogen-bond donors (Lipinski definition) is 4. The fourth-order valence-corrected chi connectivity index (χ4v) is 7.18. The Morgan fingerprint density at radius 3 is 2.76 bits per heavy atom. The topological polar surface area (TPSA) is 172 Å². The highest BCUT2D eigenvalue weighted by atomic mass is 35.5. The number of aromatic nitrogens is 2. The van der Waals surface area contributed by atoms with E-state index in [1.54, 1.807) is 41.8 Å². The van der Waals surface area contributed by atoms with Gasteiger partial charge in [-0.1, -0.05) is 24.6 Å². The second-order valence-electron chi connectivity index (χ2n) is 11.1. The molecule has 1 aromatic carbocycles. The van der Waals surface area contributed by atoms with Gasteiger partial charge in [-0.2, -0.15) is 5.09 Å². The molecular formula is C27H38ClN6O7P. The SMILES string of the molecule is CC(NP(=O)(OC[C@H]1O[C@@H](n2cnc3c2NC(N)=NC3C)[C@](C)(Cl)[C@@H]1O)Oc1ccccc1)C(=O)OC1CCCCC1. The van der Waals surface area contributed by atoms with Gasteiger partial charge in [-0.15, -0.1) is 11.6 Å². The number of hydrogen-bond acceptors (Lipinski definition) is 11. The lowest BCUT2D eigenvalue weighted by Gasteiger charge is -2.28. The van der Waals surface area contributed by atoms with Gasteiger partial charge in [-0.25, -0.2) is 14.5 Å². The number of carbonyl (C=O) groups excluding carboxylic acids is 1. The summed E-state index contributed by atoms with van der Waals surface area (Å²) in [6.45, 7) is 4.65. The van der Waals surface area contributed by atoms with Crippen LogP contribution in [0.3, 0.4) is 0 Å². The van der Waals surface area contributed by atoms with Crippen molar-refractivity contribution in [1.82, 2.24) is 14.6 Å². The number of aliphatic hydroxyl groups excluding tert-OH is 1. The van der Waals surface area contributed by atoms with Crippen LogP contribution >= 0.6 is 19.3 Å². The first kappa shape index (κ1) is 30.8. The third-order valence-electron chi connectivity index (χ3n) is 7.68. The van der Waals surface area contributed by atoms with Crippen LogP contribution in [0.4, 0.5) is 5.82 Å². The predicted molar refractivity (Wildman–Crippen MR) is 156 cm³/mol. The van der Waals surface area contributed by atoms with Gasteiger partial charge in [0.25, 0.3) is 0 Å². The van der Waals surface area contributed by atoms with Crippen LogP contribution in [-0.2, 0) is 23.4 Å². The fraction of sp³-hybridized carbons (Fsp3) is 0.593. The maximum atomic E-state index is 14.0. The number of halogens is 1. The minimum Gasteiger partial charge on any atom is -0.461 e. The fourth-order valence-electron chi connectivity index (χ4n) is 5.38. The van der Waals surface area contributed by atoms with Crippen LogP contribution in [0.1, 0.15) is 70.8 Å². The molecule has 7 atom stereocenters. The Labute approximate surface area is 249 Å². The molecule has 1 aromatic heterocycles. The van der Waals surface area contributed by atoms with Gasteiger partial charge in [0.2, 0.25) is 0 Å². The maximum absolute atomic E-state index is 14.0. The summed E-state index contributed by atoms with van der Waals surface area (Å²) < 4.78 is 39.0. The van der Waals surface area contributed by atoms with Gasteiger partial charge in [0.05, 0.1) is 19.0 Å². The molecule has 5 rings (SSSR count). The monoisotopic (exact) mass is 624 g/mol. The number of imidazole rings is 1. The standard InChI is InChI=1S/C27H38ClN6O7P/c1-16-21-23(32-26(29)31-16)34(15-30-21)25-27(3,28)22(35)20(40-25)14-38-42(37,41-19-12-8-5-9-13-19)33-17(2)24(36)39-18-10-6-4-7-11-18/h5,8-9,12-13,15-18,20,22,25,35H,4,6-7,10-11,14H2,1-3H3,(H,33,37)(H3,29,31,32)/t16?,17?,20-,22-,25-,27-,42?/m1/s1. The van der Waals surface area contributed by atoms with Crippen molar-refractivity contribution < 1.29 is 33.0 Å². The summed E-state index contributed by atoms with van der Waals surface area (Å²) in [4.78, 5) is 20.2. The number of nitrogens with zero attached hydrogens (tertiary/aromatic N) is 3. The number of esters is 1. The number of alkyl halides is 1. The first-order valence-corrected chi connectivity index (χ1v) is 16.1. The molecule has 3 heterocycles. The number of para-hydroxylation sites is 1. The minimum absolute atomic E-state index is 0.167. The minimum atomic E-state index is -4.19. The molecule has 1 saturated heterocycles. The number of aliphatic imine (C=N–C) groups is 1. The summed E-state index contributed by atoms with van der Waals surface area (Å²) in [7, 11) is -4.19. The van der Waals surface area contributed by atoms with Crippen molar-refractivity contribution in [1.29, 1.82) is 0 Å². The first-order valence-electron chi connectivity index (χ1n) is 14.1. The van der Waals surface area contributed by atoms with E-state index >= 15 is 0 Å². The van der Waals surface area contributed by atoms with Crippen molar-refractivity contribution in [2.75, 3.05) is 11.9 Å². The summed E-state index contributed by atoms with van der Waals surface area (Å²) in [5.74, 6) is 0.472. The molecule has 1 aliphatic carbocycles. The number of carbonyl (C=O) groups is 1. The lowest BCUT2D eigenvalue weighted by atomic mass is 9.98. The molecular weight excluding hydrogens is 587 g/mol. The van der Waals surface area contributed by atoms with E-state index < -0.39 is 43.1 Å². The predicted octanol–water partition coefficient (Wildman–Crippen LogP) is 4.00. The number of ether oxygens (including phenoxy) is 2. The van der Waals surface area contributed by atoms with Gasteiger partial charge < -0.3 is 30.2 Å². The van der Waals surface area contributed by atoms with E-state index in [4.69, 9.17) is 35.9 Å². The van der Waals surface area contributed by atoms with Crippen LogP contribution in [-0.4, -0.2) is 62.4 Å². The number of nitrogens with two attached hydrogens (primary N) is 1. The summed E-state index contributed by atoms with van der Waals surface area (Å²) >= 11 is 6.84. The van der Waals surface area contributed by atoms with Gasteiger partial charge in [0.1, 0.15) is 46.5 Å². The van der Waals surface area contributed by atoms with Crippen molar-refractivity contribution in [3.8, 4) is 5.75 Å². The van der Waals surface area contributed by atoms with E-state index in [1.807, 2.05) is 6.92 Å². The molecule has 2 aromatic rings. The zero-order valence-electron chi connectivity index (χ0n) is 23.8. The highest BCUT2D eigenvalue weighted by molar-refractivity contribution is 7.52. The van der Waals surface area contributed by atoms with E-state index in [0.29, 0.717) is 11.5 Å². The molecule has 0 bridgehead atoms. The van der Waals surface area contributed by atoms with E-state index in [-0.39, 0.29) is 30.5 Å². The molecule has 3 unspecified atom stereocenters. The second kappa shape index (κ2) is 12.5. The van der Waals surface area contributed by atoms with Crippen molar-refractivity contribution in [2.24, 2.45) is 10.7 Å². The number of anilines is 1. The Kier molecular flexibility index (Phi) is 9.17. The van der Waals surface area contributed by atoms with Crippen molar-refractivity contribution >= 4 is 37.1 Å². The molecule has 42 heavy (non-hydrogen) atoms. The average Bonchev–Trinajstić information content (AvgIpc) is 3.46. The zero-order valence-corrected chi connectivity index (χ0v) is 25.5. The molecule has 0 spiro atoms. The number of guanidine groups is 1. The van der Waals surface area contributed by atoms with Gasteiger partial charge >= 0.3 is 13.7 Å². The van der Waals surface area contributed by atoms with Crippen LogP contribution in [0.25, 0.3) is 0 Å². The van der Waals surface area contributed by atoms with Crippen LogP contribution < -0.4 is 20.7 Å². The smallest absolute Gasteiger partial charge is 0.459 e. The van der Waals surface area contributed by atoms with Gasteiger partial charge in [0.15, 0.2) is 12.2 Å². The number of fused-ring (bicyclic) bond motifs is 1. The third-order valence-corrected chi connectivity index (χ3v) is 9.74. The lowest BCUT2D eigenvalue weighted by Crippen LogP contribution is -2.41. The molecule has 2 fully saturated rings. The molecule has 13 nitrogen and oxygen atoms in total. The van der Waals surface area contributed by atoms with Crippen LogP contribution in [0.15, 0.2) is 41.7 Å². The number of rotatable bonds is 10. The number of benzene rings is 1. The quantitative estimate of drug-likeness (QED) is 0.171. The van der Waals surface area contributed by atoms with E-state index in [1.165, 1.54) is 13.3 Å². The molecule has 3 aliphatic rings. The first-order chi connectivity index (χ1) is 20.0. The summed E-state index contributed by atoms with van der Waals surface area (Å²) in [5.41, 5.74) is 6.58. The van der Waals surface area contributed by atoms with E-state index in [0.717, 1.165) is 32.1 Å². The molecule has 1 saturated carbocycles. The molecule has 0 radical (unpaired) electrons. The summed E-state index contributed by atoms with van der Waals surface area (Å²) in [5, 5.41) is 16.8. The lowest BCUT2D eigenvalue weighted by molar-refractivity contribution is -0.152. The maximum Gasteiger partial charge on any atom is 0.459 e. The Morgan fingerprint density at radius 2 is 2.05 bits per heavy atom. The normalized spacial score (nSPS) is 30.0. The van der Waals surface area contributed by atoms with E-state index in [2.05, 4.69) is 20.4 Å². The molecule has 230 valence electrons. The molecule has 2 aliphatic heterocycles. The average molecular weight is 625 g/mol. The second-order valence-corrected chi connectivity index (χ2v) is 13.6. The third kappa shape index (κ3) is 6.61. The van der Waals surface area contributed by atoms with Gasteiger partial charge in [-0.3, -0.25) is 13.9 Å². The van der Waals surface area contributed by atoms with Crippen molar-refractivity contribution in [2.45, 2.75) is 94.4 Å². The summed E-state index contributed by atoms with van der Waals surface area (Å²) in [6.07, 6.45) is 2.95. The Morgan fingerprint density at radius 1 is 1.33 bits per heavy atom. The number of aliphatic hydroxyl groups is 1. The molecule has 15 heteroatoms. The van der Waals surface area contributed by atoms with Crippen molar-refractivity contribution in [3.63, 3.8) is 0 Å². The van der Waals surface area contributed by atoms with Gasteiger partial charge in [-0.05, 0) is 58.6 Å². The Bertz CT molecular complexity index is 1340. The molecule has 5 N–H and O–H groups in total. The molecule has 0 amide bonds. The number of nitrogens with one attached hydrogen (secondary N) is 2. The van der Waals surface area contributed by atoms with E-state index in [9.17, 15) is 14.5 Å². The van der Waals surface area contributed by atoms with Crippen LogP contribution in [0.2, 0.25) is 0 Å². The highest BCUT2D eigenvalue weighted by Gasteiger charge is 2.54. The summed E-state index contributed by atoms with van der Waals surface area (Å²) in [6, 6.07) is 7.15. The van der Waals surface area contributed by atoms with Crippen molar-refractivity contribution in [3.05, 3.63) is 42.4 Å². The largest absolute Gasteiger partial charge is 0.461 e. The zero-order chi connectivity index (χ0) is 30.1. The van der Waals surface area contributed by atoms with Crippen LogP contribution in [0, 0.1) is 0 Å². The van der Waals surface area contributed by atoms with Gasteiger partial charge in [0, 0.05) is 0 Å². The highest BCUT2D eigenvalue weighted by Crippen LogP contribution is 2.49. The Balaban J connectivity index is 1.30. The van der Waals surface area contributed by atoms with Crippen LogP contribution in [0.5, 0.6) is 5.75 Å². The Hall–Kier alpha value is -2.67.